The van der Waals surface area contributed by atoms with Crippen molar-refractivity contribution >= 4 is 45.2 Å². The van der Waals surface area contributed by atoms with Crippen molar-refractivity contribution in [1.29, 1.82) is 0 Å². The van der Waals surface area contributed by atoms with Gasteiger partial charge in [0.05, 0.1) is 23.0 Å². The Morgan fingerprint density at radius 3 is 2.29 bits per heavy atom. The number of pyridine rings is 2. The summed E-state index contributed by atoms with van der Waals surface area (Å²) in [4.78, 5) is 44.1. The van der Waals surface area contributed by atoms with Crippen LogP contribution in [0, 0.1) is 0 Å². The maximum atomic E-state index is 13.2. The number of rotatable bonds is 5. The van der Waals surface area contributed by atoms with Gasteiger partial charge < -0.3 is 29.9 Å². The van der Waals surface area contributed by atoms with E-state index in [1.165, 1.54) is 0 Å². The van der Waals surface area contributed by atoms with Crippen LogP contribution in [0.2, 0.25) is 0 Å². The lowest BCUT2D eigenvalue weighted by atomic mass is 10.0. The molecule has 0 bridgehead atoms. The number of hydrogen-bond acceptors (Lipinski definition) is 9. The van der Waals surface area contributed by atoms with E-state index in [1.807, 2.05) is 30.5 Å². The van der Waals surface area contributed by atoms with Gasteiger partial charge in [-0.15, -0.1) is 0 Å². The van der Waals surface area contributed by atoms with Crippen LogP contribution in [0.4, 0.5) is 17.3 Å². The van der Waals surface area contributed by atoms with E-state index in [2.05, 4.69) is 76.1 Å². The number of aromatic nitrogens is 5. The molecule has 2 aliphatic rings. The minimum atomic E-state index is -0.227. The number of fused-ring (bicyclic) bond motifs is 2. The Balaban J connectivity index is 1.14. The van der Waals surface area contributed by atoms with Crippen LogP contribution < -0.4 is 15.1 Å². The average molecular weight is 563 g/mol. The molecule has 0 saturated carbocycles. The zero-order chi connectivity index (χ0) is 28.6. The second-order valence-electron chi connectivity index (χ2n) is 11.2. The van der Waals surface area contributed by atoms with Gasteiger partial charge in [0.2, 0.25) is 0 Å². The molecule has 2 aliphatic heterocycles. The van der Waals surface area contributed by atoms with E-state index >= 15 is 0 Å². The van der Waals surface area contributed by atoms with Crippen LogP contribution in [0.1, 0.15) is 10.4 Å². The molecule has 1 aromatic carbocycles. The van der Waals surface area contributed by atoms with Gasteiger partial charge in [-0.3, -0.25) is 4.79 Å². The average Bonchev–Trinajstić information content (AvgIpc) is 3.45. The van der Waals surface area contributed by atoms with E-state index in [9.17, 15) is 4.79 Å². The summed E-state index contributed by atoms with van der Waals surface area (Å²) in [6, 6.07) is 12.0. The van der Waals surface area contributed by atoms with E-state index in [1.54, 1.807) is 18.7 Å². The third-order valence-corrected chi connectivity index (χ3v) is 8.35. The van der Waals surface area contributed by atoms with Gasteiger partial charge in [-0.1, -0.05) is 6.07 Å². The molecular formula is C31H34N10O. The lowest BCUT2D eigenvalue weighted by Crippen LogP contribution is -2.44. The highest BCUT2D eigenvalue weighted by atomic mass is 16.1. The molecule has 4 aromatic heterocycles. The maximum Gasteiger partial charge on any atom is 0.257 e. The number of hydrogen-bond donors (Lipinski definition) is 2. The fourth-order valence-corrected chi connectivity index (χ4v) is 5.73. The van der Waals surface area contributed by atoms with Gasteiger partial charge in [0.1, 0.15) is 23.6 Å². The number of anilines is 3. The SMILES string of the molecule is CN1CCN(c2ccc(NC(=O)c3cnc4[nH]cc(-c5ccc6ncnc(N7CCN(C)CC7)c6c5)c4c3)cn2)CC1. The maximum absolute atomic E-state index is 13.2. The quantitative estimate of drug-likeness (QED) is 0.333. The van der Waals surface area contributed by atoms with E-state index in [-0.39, 0.29) is 5.91 Å². The number of amides is 1. The van der Waals surface area contributed by atoms with E-state index in [4.69, 9.17) is 0 Å². The summed E-state index contributed by atoms with van der Waals surface area (Å²) in [6.07, 6.45) is 6.91. The molecule has 0 radical (unpaired) electrons. The van der Waals surface area contributed by atoms with Crippen LogP contribution in [0.5, 0.6) is 0 Å². The Morgan fingerprint density at radius 1 is 0.786 bits per heavy atom. The standard InChI is InChI=1S/C31H34N10O/c1-38-7-11-40(12-8-38)28-6-4-23(18-32-28)37-31(42)22-16-24-26(19-34-29(24)33-17-22)21-3-5-27-25(15-21)30(36-20-35-27)41-13-9-39(2)10-14-41/h3-6,15-20H,7-14H2,1-2H3,(H,33,34)(H,37,42). The number of nitrogens with one attached hydrogen (secondary N) is 2. The predicted molar refractivity (Wildman–Crippen MR) is 166 cm³/mol. The molecular weight excluding hydrogens is 528 g/mol. The number of likely N-dealkylation sites (N-methyl/N-ethyl adjacent to an activating group) is 2. The highest BCUT2D eigenvalue weighted by Gasteiger charge is 2.20. The summed E-state index contributed by atoms with van der Waals surface area (Å²) < 4.78 is 0. The first-order chi connectivity index (χ1) is 20.5. The normalized spacial score (nSPS) is 16.8. The summed E-state index contributed by atoms with van der Waals surface area (Å²) in [6.45, 7) is 7.78. The number of H-pyrrole nitrogens is 1. The van der Waals surface area contributed by atoms with Crippen molar-refractivity contribution in [2.45, 2.75) is 0 Å². The summed E-state index contributed by atoms with van der Waals surface area (Å²) in [7, 11) is 4.28. The van der Waals surface area contributed by atoms with Crippen LogP contribution in [0.3, 0.4) is 0 Å². The molecule has 0 spiro atoms. The van der Waals surface area contributed by atoms with Crippen LogP contribution >= 0.6 is 0 Å². The molecule has 2 saturated heterocycles. The van der Waals surface area contributed by atoms with Crippen molar-refractivity contribution in [3.05, 3.63) is 66.9 Å². The predicted octanol–water partition coefficient (Wildman–Crippen LogP) is 3.32. The molecule has 5 aromatic rings. The Hall–Kier alpha value is -4.61. The highest BCUT2D eigenvalue weighted by molar-refractivity contribution is 6.07. The fraction of sp³-hybridized carbons (Fsp3) is 0.323. The Morgan fingerprint density at radius 2 is 1.55 bits per heavy atom. The van der Waals surface area contributed by atoms with E-state index in [0.29, 0.717) is 11.3 Å². The van der Waals surface area contributed by atoms with Crippen molar-refractivity contribution in [2.75, 3.05) is 81.6 Å². The number of carbonyl (C=O) groups excluding carboxylic acids is 1. The minimum Gasteiger partial charge on any atom is -0.354 e. The van der Waals surface area contributed by atoms with Gasteiger partial charge in [0, 0.05) is 81.1 Å². The molecule has 42 heavy (non-hydrogen) atoms. The fourth-order valence-electron chi connectivity index (χ4n) is 5.73. The number of nitrogens with zero attached hydrogens (tertiary/aromatic N) is 8. The summed E-state index contributed by atoms with van der Waals surface area (Å²) in [5.41, 5.74) is 4.76. The van der Waals surface area contributed by atoms with Gasteiger partial charge >= 0.3 is 0 Å². The third-order valence-electron chi connectivity index (χ3n) is 8.35. The largest absolute Gasteiger partial charge is 0.354 e. The van der Waals surface area contributed by atoms with Gasteiger partial charge in [0.25, 0.3) is 5.91 Å². The van der Waals surface area contributed by atoms with Crippen molar-refractivity contribution < 1.29 is 4.79 Å². The van der Waals surface area contributed by atoms with Gasteiger partial charge in [-0.2, -0.15) is 0 Å². The Bertz CT molecular complexity index is 1730. The van der Waals surface area contributed by atoms with Crippen LogP contribution in [0.15, 0.2) is 61.3 Å². The molecule has 1 amide bonds. The monoisotopic (exact) mass is 562 g/mol. The molecule has 0 atom stereocenters. The van der Waals surface area contributed by atoms with Crippen molar-refractivity contribution in [2.24, 2.45) is 0 Å². The molecule has 7 rings (SSSR count). The van der Waals surface area contributed by atoms with Crippen molar-refractivity contribution in [3.63, 3.8) is 0 Å². The van der Waals surface area contributed by atoms with Gasteiger partial charge in [-0.05, 0) is 50.0 Å². The summed E-state index contributed by atoms with van der Waals surface area (Å²) >= 11 is 0. The molecule has 6 heterocycles. The molecule has 0 unspecified atom stereocenters. The van der Waals surface area contributed by atoms with Crippen LogP contribution in [-0.2, 0) is 0 Å². The molecule has 11 heteroatoms. The second kappa shape index (κ2) is 11.0. The lowest BCUT2D eigenvalue weighted by Gasteiger charge is -2.33. The molecule has 2 N–H and O–H groups in total. The summed E-state index contributed by atoms with van der Waals surface area (Å²) in [5, 5.41) is 4.87. The zero-order valence-corrected chi connectivity index (χ0v) is 23.9. The number of piperazine rings is 2. The first-order valence-electron chi connectivity index (χ1n) is 14.4. The first-order valence-corrected chi connectivity index (χ1v) is 14.4. The third kappa shape index (κ3) is 5.12. The molecule has 0 aliphatic carbocycles. The molecule has 214 valence electrons. The topological polar surface area (TPSA) is 109 Å². The first kappa shape index (κ1) is 26.3. The second-order valence-corrected chi connectivity index (χ2v) is 11.2. The van der Waals surface area contributed by atoms with Crippen molar-refractivity contribution in [1.82, 2.24) is 34.7 Å². The number of aromatic amines is 1. The minimum absolute atomic E-state index is 0.227. The van der Waals surface area contributed by atoms with Crippen LogP contribution in [0.25, 0.3) is 33.1 Å². The zero-order valence-electron chi connectivity index (χ0n) is 23.9. The Kier molecular flexibility index (Phi) is 6.88. The molecule has 2 fully saturated rings. The lowest BCUT2D eigenvalue weighted by molar-refractivity contribution is 0.102. The highest BCUT2D eigenvalue weighted by Crippen LogP contribution is 2.33. The van der Waals surface area contributed by atoms with Crippen molar-refractivity contribution in [3.8, 4) is 11.1 Å². The van der Waals surface area contributed by atoms with Crippen LogP contribution in [-0.4, -0.2) is 107 Å². The number of carbonyl (C=O) groups is 1. The van der Waals surface area contributed by atoms with E-state index < -0.39 is 0 Å². The smallest absolute Gasteiger partial charge is 0.257 e. The van der Waals surface area contributed by atoms with Gasteiger partial charge in [0.15, 0.2) is 0 Å². The number of benzene rings is 1. The molecule has 11 nitrogen and oxygen atoms in total. The van der Waals surface area contributed by atoms with Gasteiger partial charge in [-0.25, -0.2) is 19.9 Å². The summed E-state index contributed by atoms with van der Waals surface area (Å²) in [5.74, 6) is 1.66. The van der Waals surface area contributed by atoms with E-state index in [0.717, 1.165) is 97.1 Å². The Labute approximate surface area is 244 Å².